The Balaban J connectivity index is 2.77. The van der Waals surface area contributed by atoms with Gasteiger partial charge in [-0.1, -0.05) is 24.3 Å². The number of allylic oxidation sites excluding steroid dienone is 1. The minimum Gasteiger partial charge on any atom is -0.508 e. The molecule has 55 valence electrons. The second kappa shape index (κ2) is 3.98. The van der Waals surface area contributed by atoms with Crippen molar-refractivity contribution < 1.29 is 5.11 Å². The second-order valence-electron chi connectivity index (χ2n) is 2.24. The van der Waals surface area contributed by atoms with E-state index in [-0.39, 0.29) is 0 Å². The fourth-order valence-corrected chi connectivity index (χ4v) is 0.987. The minimum absolute atomic E-state index is 0.359. The molecule has 0 aromatic heterocycles. The van der Waals surface area contributed by atoms with E-state index in [1.165, 1.54) is 0 Å². The lowest BCUT2D eigenvalue weighted by atomic mass is 10.1. The highest BCUT2D eigenvalue weighted by molar-refractivity contribution is 6.16. The van der Waals surface area contributed by atoms with Crippen LogP contribution in [0.3, 0.4) is 0 Å². The summed E-state index contributed by atoms with van der Waals surface area (Å²) in [6.45, 7) is 0. The van der Waals surface area contributed by atoms with Crippen LogP contribution in [-0.2, 0) is 6.42 Å². The van der Waals surface area contributed by atoms with Crippen LogP contribution in [0.15, 0.2) is 36.0 Å². The summed E-state index contributed by atoms with van der Waals surface area (Å²) in [6.07, 6.45) is 2.70. The smallest absolute Gasteiger partial charge is 0.119 e. The first-order chi connectivity index (χ1) is 5.34. The van der Waals surface area contributed by atoms with Crippen LogP contribution in [-0.4, -0.2) is 15.3 Å². The van der Waals surface area contributed by atoms with Crippen LogP contribution in [0.2, 0.25) is 0 Å². The Morgan fingerprint density at radius 1 is 1.36 bits per heavy atom. The van der Waals surface area contributed by atoms with Crippen LogP contribution in [0.25, 0.3) is 0 Å². The van der Waals surface area contributed by atoms with Gasteiger partial charge in [0.15, 0.2) is 0 Å². The Hall–Kier alpha value is -1.02. The molecule has 1 aromatic rings. The third-order valence-corrected chi connectivity index (χ3v) is 1.68. The van der Waals surface area contributed by atoms with Crippen LogP contribution >= 0.6 is 0 Å². The van der Waals surface area contributed by atoms with E-state index >= 15 is 0 Å². The van der Waals surface area contributed by atoms with Crippen molar-refractivity contribution in [1.29, 1.82) is 0 Å². The second-order valence-corrected chi connectivity index (χ2v) is 2.57. The third kappa shape index (κ3) is 2.24. The van der Waals surface area contributed by atoms with E-state index in [1.54, 1.807) is 11.8 Å². The summed E-state index contributed by atoms with van der Waals surface area (Å²) in [5.74, 6) is 0.359. The monoisotopic (exact) mass is 161 g/mol. The number of phenolic OH excluding ortho intramolecular Hbond substituents is 1. The van der Waals surface area contributed by atoms with E-state index in [0.717, 1.165) is 12.0 Å². The molecule has 0 fully saturated rings. The van der Waals surface area contributed by atoms with Crippen molar-refractivity contribution in [3.8, 4) is 5.75 Å². The molecule has 0 aliphatic rings. The topological polar surface area (TPSA) is 20.2 Å². The first kappa shape index (κ1) is 8.08. The number of para-hydroxylation sites is 1. The molecule has 3 radical (unpaired) electrons. The SMILES string of the molecule is Oc1ccccc1CC=C[Si]. The van der Waals surface area contributed by atoms with E-state index in [4.69, 9.17) is 0 Å². The quantitative estimate of drug-likeness (QED) is 0.653. The fraction of sp³-hybridized carbons (Fsp3) is 0.111. The Morgan fingerprint density at radius 2 is 2.09 bits per heavy atom. The molecule has 1 nitrogen and oxygen atoms in total. The highest BCUT2D eigenvalue weighted by Gasteiger charge is 1.94. The molecule has 0 aliphatic heterocycles. The zero-order valence-electron chi connectivity index (χ0n) is 6.12. The Bertz CT molecular complexity index is 255. The molecular weight excluding hydrogens is 152 g/mol. The average molecular weight is 161 g/mol. The van der Waals surface area contributed by atoms with E-state index in [2.05, 4.69) is 10.2 Å². The molecule has 11 heavy (non-hydrogen) atoms. The lowest BCUT2D eigenvalue weighted by Gasteiger charge is -1.98. The summed E-state index contributed by atoms with van der Waals surface area (Å²) in [4.78, 5) is 0. The van der Waals surface area contributed by atoms with Gasteiger partial charge in [0.25, 0.3) is 0 Å². The van der Waals surface area contributed by atoms with Crippen molar-refractivity contribution in [3.05, 3.63) is 41.6 Å². The van der Waals surface area contributed by atoms with Gasteiger partial charge in [-0.2, -0.15) is 0 Å². The van der Waals surface area contributed by atoms with Crippen molar-refractivity contribution in [2.45, 2.75) is 6.42 Å². The molecule has 0 aliphatic carbocycles. The van der Waals surface area contributed by atoms with Gasteiger partial charge in [-0.3, -0.25) is 0 Å². The van der Waals surface area contributed by atoms with Gasteiger partial charge < -0.3 is 5.11 Å². The summed E-state index contributed by atoms with van der Waals surface area (Å²) in [6, 6.07) is 7.32. The number of rotatable bonds is 2. The van der Waals surface area contributed by atoms with Gasteiger partial charge in [0.1, 0.15) is 5.75 Å². The molecule has 0 amide bonds. The maximum Gasteiger partial charge on any atom is 0.119 e. The van der Waals surface area contributed by atoms with E-state index in [1.807, 2.05) is 24.3 Å². The van der Waals surface area contributed by atoms with Gasteiger partial charge >= 0.3 is 0 Å². The van der Waals surface area contributed by atoms with E-state index in [0.29, 0.717) is 5.75 Å². The average Bonchev–Trinajstić information content (AvgIpc) is 2.03. The van der Waals surface area contributed by atoms with Gasteiger partial charge in [0.05, 0.1) is 10.2 Å². The third-order valence-electron chi connectivity index (χ3n) is 1.45. The van der Waals surface area contributed by atoms with Crippen molar-refractivity contribution in [2.24, 2.45) is 0 Å². The molecule has 0 unspecified atom stereocenters. The molecule has 1 N–H and O–H groups in total. The van der Waals surface area contributed by atoms with Crippen molar-refractivity contribution in [1.82, 2.24) is 0 Å². The molecule has 0 spiro atoms. The predicted molar refractivity (Wildman–Crippen MR) is 46.7 cm³/mol. The molecule has 0 saturated heterocycles. The van der Waals surface area contributed by atoms with Crippen molar-refractivity contribution in [3.63, 3.8) is 0 Å². The van der Waals surface area contributed by atoms with Crippen molar-refractivity contribution in [2.75, 3.05) is 0 Å². The van der Waals surface area contributed by atoms with Crippen molar-refractivity contribution >= 4 is 10.2 Å². The molecule has 1 aromatic carbocycles. The molecule has 1 rings (SSSR count). The lowest BCUT2D eigenvalue weighted by molar-refractivity contribution is 0.470. The Morgan fingerprint density at radius 3 is 2.73 bits per heavy atom. The predicted octanol–water partition coefficient (Wildman–Crippen LogP) is 1.62. The van der Waals surface area contributed by atoms with Crippen LogP contribution in [0.1, 0.15) is 5.56 Å². The summed E-state index contributed by atoms with van der Waals surface area (Å²) < 4.78 is 0. The maximum absolute atomic E-state index is 9.29. The molecular formula is C9H9OSi. The van der Waals surface area contributed by atoms with Gasteiger partial charge in [-0.05, 0) is 18.1 Å². The summed E-state index contributed by atoms with van der Waals surface area (Å²) in [5.41, 5.74) is 2.73. The minimum atomic E-state index is 0.359. The lowest BCUT2D eigenvalue weighted by Crippen LogP contribution is -1.80. The summed E-state index contributed by atoms with van der Waals surface area (Å²) in [7, 11) is 3.21. The van der Waals surface area contributed by atoms with Gasteiger partial charge in [0, 0.05) is 0 Å². The summed E-state index contributed by atoms with van der Waals surface area (Å²) in [5, 5.41) is 9.29. The zero-order chi connectivity index (χ0) is 8.10. The molecule has 0 bridgehead atoms. The zero-order valence-corrected chi connectivity index (χ0v) is 7.12. The molecule has 2 heteroatoms. The highest BCUT2D eigenvalue weighted by Crippen LogP contribution is 2.15. The number of phenols is 1. The Labute approximate surface area is 69.8 Å². The largest absolute Gasteiger partial charge is 0.508 e. The summed E-state index contributed by atoms with van der Waals surface area (Å²) >= 11 is 0. The van der Waals surface area contributed by atoms with E-state index in [9.17, 15) is 5.11 Å². The highest BCUT2D eigenvalue weighted by atomic mass is 28.1. The maximum atomic E-state index is 9.29. The van der Waals surface area contributed by atoms with Gasteiger partial charge in [-0.15, -0.1) is 5.70 Å². The van der Waals surface area contributed by atoms with Crippen LogP contribution in [0, 0.1) is 0 Å². The molecule has 0 heterocycles. The Kier molecular flexibility index (Phi) is 2.92. The molecule has 0 saturated carbocycles. The first-order valence-electron chi connectivity index (χ1n) is 3.43. The molecule has 0 atom stereocenters. The van der Waals surface area contributed by atoms with Crippen LogP contribution < -0.4 is 0 Å². The number of hydrogen-bond donors (Lipinski definition) is 1. The first-order valence-corrected chi connectivity index (χ1v) is 4.01. The number of aromatic hydroxyl groups is 1. The normalized spacial score (nSPS) is 10.6. The fourth-order valence-electron chi connectivity index (χ4n) is 0.869. The van der Waals surface area contributed by atoms with Crippen LogP contribution in [0.5, 0.6) is 5.75 Å². The van der Waals surface area contributed by atoms with Gasteiger partial charge in [0.2, 0.25) is 0 Å². The van der Waals surface area contributed by atoms with Crippen LogP contribution in [0.4, 0.5) is 0 Å². The number of hydrogen-bond acceptors (Lipinski definition) is 1. The van der Waals surface area contributed by atoms with Gasteiger partial charge in [-0.25, -0.2) is 0 Å². The van der Waals surface area contributed by atoms with E-state index < -0.39 is 0 Å². The number of benzene rings is 1. The standard InChI is InChI=1S/C9H9OSi/c10-9-6-2-1-4-8(9)5-3-7-11/h1-4,6-7,10H,5H2.